The zero-order valence-corrected chi connectivity index (χ0v) is 17.2. The molecule has 28 heavy (non-hydrogen) atoms. The van der Waals surface area contributed by atoms with Crippen LogP contribution in [0, 0.1) is 0 Å². The SMILES string of the molecule is CCN(CC(=O)NC(C)(C)C)C(=O)CCC(=O)N1CCC(c2ccccc2)=N1. The lowest BCUT2D eigenvalue weighted by Crippen LogP contribution is -2.47. The molecule has 1 heterocycles. The Balaban J connectivity index is 1.85. The van der Waals surface area contributed by atoms with Gasteiger partial charge in [0, 0.05) is 31.3 Å². The smallest absolute Gasteiger partial charge is 0.243 e. The van der Waals surface area contributed by atoms with Crippen LogP contribution in [-0.4, -0.2) is 58.5 Å². The van der Waals surface area contributed by atoms with E-state index in [0.29, 0.717) is 19.5 Å². The van der Waals surface area contributed by atoms with Crippen LogP contribution < -0.4 is 5.32 Å². The highest BCUT2D eigenvalue weighted by Crippen LogP contribution is 2.15. The molecule has 0 saturated heterocycles. The molecule has 1 aliphatic heterocycles. The Morgan fingerprint density at radius 2 is 1.82 bits per heavy atom. The first-order valence-corrected chi connectivity index (χ1v) is 9.71. The normalized spacial score (nSPS) is 13.9. The maximum absolute atomic E-state index is 12.4. The van der Waals surface area contributed by atoms with Crippen molar-refractivity contribution in [2.75, 3.05) is 19.6 Å². The standard InChI is InChI=1S/C21H30N4O3/c1-5-24(15-18(26)22-21(2,3)4)19(27)11-12-20(28)25-14-13-17(23-25)16-9-7-6-8-10-16/h6-10H,5,11-15H2,1-4H3,(H,22,26). The van der Waals surface area contributed by atoms with Gasteiger partial charge < -0.3 is 10.2 Å². The van der Waals surface area contributed by atoms with E-state index in [0.717, 1.165) is 11.3 Å². The number of amides is 3. The van der Waals surface area contributed by atoms with Crippen molar-refractivity contribution >= 4 is 23.4 Å². The van der Waals surface area contributed by atoms with Gasteiger partial charge in [0.2, 0.25) is 17.7 Å². The number of hydrogen-bond donors (Lipinski definition) is 1. The van der Waals surface area contributed by atoms with E-state index < -0.39 is 0 Å². The Labute approximate surface area is 166 Å². The molecule has 7 nitrogen and oxygen atoms in total. The third-order valence-corrected chi connectivity index (χ3v) is 4.33. The monoisotopic (exact) mass is 386 g/mol. The number of nitrogens with zero attached hydrogens (tertiary/aromatic N) is 3. The zero-order valence-electron chi connectivity index (χ0n) is 17.2. The van der Waals surface area contributed by atoms with E-state index >= 15 is 0 Å². The minimum absolute atomic E-state index is 0.000810. The van der Waals surface area contributed by atoms with Gasteiger partial charge in [-0.05, 0) is 33.3 Å². The van der Waals surface area contributed by atoms with Crippen LogP contribution >= 0.6 is 0 Å². The van der Waals surface area contributed by atoms with Crippen molar-refractivity contribution in [2.45, 2.75) is 52.5 Å². The van der Waals surface area contributed by atoms with Gasteiger partial charge in [-0.2, -0.15) is 5.10 Å². The van der Waals surface area contributed by atoms with Crippen molar-refractivity contribution in [2.24, 2.45) is 5.10 Å². The van der Waals surface area contributed by atoms with Crippen LogP contribution in [0.2, 0.25) is 0 Å². The molecule has 0 atom stereocenters. The van der Waals surface area contributed by atoms with Gasteiger partial charge in [-0.1, -0.05) is 30.3 Å². The Morgan fingerprint density at radius 1 is 1.14 bits per heavy atom. The molecule has 0 saturated carbocycles. The summed E-state index contributed by atoms with van der Waals surface area (Å²) in [4.78, 5) is 38.4. The summed E-state index contributed by atoms with van der Waals surface area (Å²) in [7, 11) is 0. The van der Waals surface area contributed by atoms with Crippen molar-refractivity contribution in [3.63, 3.8) is 0 Å². The van der Waals surface area contributed by atoms with Gasteiger partial charge in [0.1, 0.15) is 0 Å². The van der Waals surface area contributed by atoms with Crippen LogP contribution in [0.4, 0.5) is 0 Å². The molecule has 0 unspecified atom stereocenters. The molecule has 7 heteroatoms. The first-order chi connectivity index (χ1) is 13.2. The van der Waals surface area contributed by atoms with Crippen LogP contribution in [0.25, 0.3) is 0 Å². The summed E-state index contributed by atoms with van der Waals surface area (Å²) in [6.07, 6.45) is 0.863. The molecule has 1 aromatic rings. The number of hydrazone groups is 1. The predicted octanol–water partition coefficient (Wildman–Crippen LogP) is 2.17. The summed E-state index contributed by atoms with van der Waals surface area (Å²) in [5.41, 5.74) is 1.55. The van der Waals surface area contributed by atoms with Gasteiger partial charge in [0.15, 0.2) is 0 Å². The van der Waals surface area contributed by atoms with Gasteiger partial charge in [-0.15, -0.1) is 0 Å². The number of carbonyl (C=O) groups is 3. The molecule has 1 aliphatic rings. The fourth-order valence-corrected chi connectivity index (χ4v) is 2.98. The van der Waals surface area contributed by atoms with Crippen LogP contribution in [0.3, 0.4) is 0 Å². The molecule has 1 aromatic carbocycles. The van der Waals surface area contributed by atoms with Crippen LogP contribution in [0.15, 0.2) is 35.4 Å². The predicted molar refractivity (Wildman–Crippen MR) is 109 cm³/mol. The molecule has 1 N–H and O–H groups in total. The second kappa shape index (κ2) is 9.48. The highest BCUT2D eigenvalue weighted by Gasteiger charge is 2.24. The molecule has 3 amide bonds. The lowest BCUT2D eigenvalue weighted by Gasteiger charge is -2.25. The van der Waals surface area contributed by atoms with E-state index in [1.165, 1.54) is 9.91 Å². The minimum Gasteiger partial charge on any atom is -0.350 e. The fourth-order valence-electron chi connectivity index (χ4n) is 2.98. The maximum Gasteiger partial charge on any atom is 0.243 e. The lowest BCUT2D eigenvalue weighted by atomic mass is 10.1. The highest BCUT2D eigenvalue weighted by atomic mass is 16.2. The maximum atomic E-state index is 12.4. The molecule has 0 aliphatic carbocycles. The molecule has 0 spiro atoms. The third kappa shape index (κ3) is 6.48. The number of likely N-dealkylation sites (N-methyl/N-ethyl adjacent to an activating group) is 1. The van der Waals surface area contributed by atoms with Crippen molar-refractivity contribution in [3.8, 4) is 0 Å². The van der Waals surface area contributed by atoms with Crippen LogP contribution in [-0.2, 0) is 14.4 Å². The van der Waals surface area contributed by atoms with E-state index in [9.17, 15) is 14.4 Å². The summed E-state index contributed by atoms with van der Waals surface area (Å²) < 4.78 is 0. The number of benzene rings is 1. The van der Waals surface area contributed by atoms with E-state index in [4.69, 9.17) is 0 Å². The van der Waals surface area contributed by atoms with Gasteiger partial charge in [-0.25, -0.2) is 5.01 Å². The molecule has 0 aromatic heterocycles. The van der Waals surface area contributed by atoms with E-state index in [-0.39, 0.29) is 42.6 Å². The number of carbonyl (C=O) groups excluding carboxylic acids is 3. The van der Waals surface area contributed by atoms with Gasteiger partial charge >= 0.3 is 0 Å². The second-order valence-electron chi connectivity index (χ2n) is 7.89. The summed E-state index contributed by atoms with van der Waals surface area (Å²) in [5.74, 6) is -0.577. The Kier molecular flexibility index (Phi) is 7.31. The first kappa shape index (κ1) is 21.6. The van der Waals surface area contributed by atoms with E-state index in [1.807, 2.05) is 58.0 Å². The van der Waals surface area contributed by atoms with Gasteiger partial charge in [-0.3, -0.25) is 14.4 Å². The van der Waals surface area contributed by atoms with Crippen molar-refractivity contribution < 1.29 is 14.4 Å². The summed E-state index contributed by atoms with van der Waals surface area (Å²) in [6.45, 7) is 8.45. The molecule has 0 radical (unpaired) electrons. The Bertz CT molecular complexity index is 738. The van der Waals surface area contributed by atoms with Crippen molar-refractivity contribution in [1.82, 2.24) is 15.2 Å². The summed E-state index contributed by atoms with van der Waals surface area (Å²) in [5, 5.41) is 8.69. The number of nitrogens with one attached hydrogen (secondary N) is 1. The quantitative estimate of drug-likeness (QED) is 0.780. The highest BCUT2D eigenvalue weighted by molar-refractivity contribution is 6.02. The Morgan fingerprint density at radius 3 is 2.43 bits per heavy atom. The summed E-state index contributed by atoms with van der Waals surface area (Å²) in [6, 6.07) is 9.76. The van der Waals surface area contributed by atoms with E-state index in [2.05, 4.69) is 10.4 Å². The minimum atomic E-state index is -0.347. The number of rotatable bonds is 7. The molecular weight excluding hydrogens is 356 g/mol. The third-order valence-electron chi connectivity index (χ3n) is 4.33. The average molecular weight is 386 g/mol. The van der Waals surface area contributed by atoms with E-state index in [1.54, 1.807) is 0 Å². The van der Waals surface area contributed by atoms with Crippen molar-refractivity contribution in [1.29, 1.82) is 0 Å². The van der Waals surface area contributed by atoms with Gasteiger partial charge in [0.25, 0.3) is 0 Å². The molecule has 2 rings (SSSR count). The molecule has 0 bridgehead atoms. The molecular formula is C21H30N4O3. The zero-order chi connectivity index (χ0) is 20.7. The lowest BCUT2D eigenvalue weighted by molar-refractivity contribution is -0.139. The molecule has 0 fully saturated rings. The number of hydrogen-bond acceptors (Lipinski definition) is 4. The molecule has 152 valence electrons. The largest absolute Gasteiger partial charge is 0.350 e. The Hall–Kier alpha value is -2.70. The topological polar surface area (TPSA) is 82.1 Å². The average Bonchev–Trinajstić information content (AvgIpc) is 3.13. The first-order valence-electron chi connectivity index (χ1n) is 9.71. The van der Waals surface area contributed by atoms with Gasteiger partial charge in [0.05, 0.1) is 18.8 Å². The van der Waals surface area contributed by atoms with Crippen LogP contribution in [0.1, 0.15) is 52.5 Å². The second-order valence-corrected chi connectivity index (χ2v) is 7.89. The fraction of sp³-hybridized carbons (Fsp3) is 0.524. The van der Waals surface area contributed by atoms with Crippen molar-refractivity contribution in [3.05, 3.63) is 35.9 Å². The summed E-state index contributed by atoms with van der Waals surface area (Å²) >= 11 is 0. The van der Waals surface area contributed by atoms with Crippen LogP contribution in [0.5, 0.6) is 0 Å².